The van der Waals surface area contributed by atoms with Gasteiger partial charge in [-0.25, -0.2) is 0 Å². The molecule has 2 aromatic rings. The molecule has 0 heterocycles. The van der Waals surface area contributed by atoms with Crippen molar-refractivity contribution < 1.29 is 19.1 Å². The lowest BCUT2D eigenvalue weighted by Gasteiger charge is -2.15. The number of primary amides is 1. The Bertz CT molecular complexity index is 804. The number of ether oxygens (including phenoxy) is 2. The standard InChI is InChI=1S/C19H20N2O4/c1-24-17-10-13(7-9-16(17)25-11-18(20)22)19(23)21-15-8-6-12-4-2-3-5-14(12)15/h2-5,7,9-10,15H,6,8,11H2,1H3,(H2,20,22)(H,21,23). The fourth-order valence-corrected chi connectivity index (χ4v) is 3.03. The van der Waals surface area contributed by atoms with Gasteiger partial charge in [0.05, 0.1) is 13.2 Å². The summed E-state index contributed by atoms with van der Waals surface area (Å²) in [4.78, 5) is 23.4. The third-order valence-electron chi connectivity index (χ3n) is 4.23. The van der Waals surface area contributed by atoms with Gasteiger partial charge in [-0.2, -0.15) is 0 Å². The van der Waals surface area contributed by atoms with Crippen molar-refractivity contribution in [2.75, 3.05) is 13.7 Å². The molecular weight excluding hydrogens is 320 g/mol. The normalized spacial score (nSPS) is 15.3. The highest BCUT2D eigenvalue weighted by atomic mass is 16.5. The highest BCUT2D eigenvalue weighted by Gasteiger charge is 2.24. The van der Waals surface area contributed by atoms with Crippen LogP contribution in [-0.2, 0) is 11.2 Å². The first kappa shape index (κ1) is 16.8. The first-order valence-corrected chi connectivity index (χ1v) is 8.06. The van der Waals surface area contributed by atoms with Gasteiger partial charge >= 0.3 is 0 Å². The number of aryl methyl sites for hydroxylation is 1. The van der Waals surface area contributed by atoms with Crippen LogP contribution in [0.1, 0.15) is 33.9 Å². The average Bonchev–Trinajstić information content (AvgIpc) is 3.02. The minimum atomic E-state index is -0.580. The summed E-state index contributed by atoms with van der Waals surface area (Å²) in [5.41, 5.74) is 7.99. The van der Waals surface area contributed by atoms with Gasteiger partial charge in [-0.15, -0.1) is 0 Å². The van der Waals surface area contributed by atoms with E-state index in [9.17, 15) is 9.59 Å². The lowest BCUT2D eigenvalue weighted by atomic mass is 10.1. The van der Waals surface area contributed by atoms with Gasteiger partial charge < -0.3 is 20.5 Å². The second-order valence-electron chi connectivity index (χ2n) is 5.88. The quantitative estimate of drug-likeness (QED) is 0.841. The fourth-order valence-electron chi connectivity index (χ4n) is 3.03. The molecular formula is C19H20N2O4. The summed E-state index contributed by atoms with van der Waals surface area (Å²) >= 11 is 0. The van der Waals surface area contributed by atoms with Crippen molar-refractivity contribution in [1.29, 1.82) is 0 Å². The van der Waals surface area contributed by atoms with Crippen molar-refractivity contribution in [3.05, 3.63) is 59.2 Å². The number of benzene rings is 2. The summed E-state index contributed by atoms with van der Waals surface area (Å²) in [7, 11) is 1.47. The summed E-state index contributed by atoms with van der Waals surface area (Å²) in [5, 5.41) is 3.06. The third-order valence-corrected chi connectivity index (χ3v) is 4.23. The van der Waals surface area contributed by atoms with Crippen LogP contribution in [0.3, 0.4) is 0 Å². The molecule has 25 heavy (non-hydrogen) atoms. The van der Waals surface area contributed by atoms with E-state index in [1.165, 1.54) is 18.2 Å². The minimum Gasteiger partial charge on any atom is -0.493 e. The molecule has 0 fully saturated rings. The summed E-state index contributed by atoms with van der Waals surface area (Å²) < 4.78 is 10.5. The maximum absolute atomic E-state index is 12.6. The number of rotatable bonds is 6. The molecule has 2 aromatic carbocycles. The van der Waals surface area contributed by atoms with E-state index in [4.69, 9.17) is 15.2 Å². The number of amides is 2. The van der Waals surface area contributed by atoms with Crippen molar-refractivity contribution in [3.63, 3.8) is 0 Å². The Morgan fingerprint density at radius 2 is 2.00 bits per heavy atom. The van der Waals surface area contributed by atoms with E-state index in [1.54, 1.807) is 18.2 Å². The van der Waals surface area contributed by atoms with Crippen LogP contribution in [0.4, 0.5) is 0 Å². The fraction of sp³-hybridized carbons (Fsp3) is 0.263. The molecule has 1 aliphatic rings. The summed E-state index contributed by atoms with van der Waals surface area (Å²) in [5.74, 6) is -0.0185. The second-order valence-corrected chi connectivity index (χ2v) is 5.88. The predicted molar refractivity (Wildman–Crippen MR) is 92.7 cm³/mol. The number of nitrogens with one attached hydrogen (secondary N) is 1. The number of nitrogens with two attached hydrogens (primary N) is 1. The van der Waals surface area contributed by atoms with Crippen LogP contribution in [-0.4, -0.2) is 25.5 Å². The Labute approximate surface area is 145 Å². The van der Waals surface area contributed by atoms with Gasteiger partial charge in [0, 0.05) is 5.56 Å². The van der Waals surface area contributed by atoms with Gasteiger partial charge in [0.2, 0.25) is 0 Å². The number of carbonyl (C=O) groups excluding carboxylic acids is 2. The smallest absolute Gasteiger partial charge is 0.255 e. The molecule has 130 valence electrons. The van der Waals surface area contributed by atoms with E-state index >= 15 is 0 Å². The van der Waals surface area contributed by atoms with Crippen LogP contribution in [0, 0.1) is 0 Å². The Balaban J connectivity index is 1.73. The monoisotopic (exact) mass is 340 g/mol. The van der Waals surface area contributed by atoms with E-state index in [0.717, 1.165) is 12.8 Å². The second kappa shape index (κ2) is 7.25. The molecule has 0 spiro atoms. The van der Waals surface area contributed by atoms with E-state index in [-0.39, 0.29) is 18.6 Å². The van der Waals surface area contributed by atoms with Crippen LogP contribution < -0.4 is 20.5 Å². The van der Waals surface area contributed by atoms with Crippen LogP contribution in [0.5, 0.6) is 11.5 Å². The number of fused-ring (bicyclic) bond motifs is 1. The highest BCUT2D eigenvalue weighted by Crippen LogP contribution is 2.32. The Morgan fingerprint density at radius 3 is 2.76 bits per heavy atom. The zero-order valence-electron chi connectivity index (χ0n) is 14.0. The summed E-state index contributed by atoms with van der Waals surface area (Å²) in [6.07, 6.45) is 1.85. The molecule has 0 saturated heterocycles. The first-order chi connectivity index (χ1) is 12.1. The minimum absolute atomic E-state index is 0.0143. The predicted octanol–water partition coefficient (Wildman–Crippen LogP) is 1.98. The number of hydrogen-bond donors (Lipinski definition) is 2. The Kier molecular flexibility index (Phi) is 4.88. The maximum atomic E-state index is 12.6. The molecule has 2 amide bonds. The molecule has 0 bridgehead atoms. The summed E-state index contributed by atoms with van der Waals surface area (Å²) in [6.45, 7) is -0.249. The molecule has 0 radical (unpaired) electrons. The molecule has 1 atom stereocenters. The van der Waals surface area contributed by atoms with Crippen molar-refractivity contribution in [2.24, 2.45) is 5.73 Å². The molecule has 0 aliphatic heterocycles. The molecule has 0 aromatic heterocycles. The lowest BCUT2D eigenvalue weighted by Crippen LogP contribution is -2.27. The van der Waals surface area contributed by atoms with Crippen LogP contribution in [0.2, 0.25) is 0 Å². The van der Waals surface area contributed by atoms with Crippen molar-refractivity contribution in [3.8, 4) is 11.5 Å². The van der Waals surface area contributed by atoms with E-state index in [0.29, 0.717) is 17.1 Å². The Hall–Kier alpha value is -3.02. The average molecular weight is 340 g/mol. The lowest BCUT2D eigenvalue weighted by molar-refractivity contribution is -0.119. The molecule has 1 aliphatic carbocycles. The van der Waals surface area contributed by atoms with Gasteiger partial charge in [-0.1, -0.05) is 24.3 Å². The molecule has 0 saturated carbocycles. The van der Waals surface area contributed by atoms with Gasteiger partial charge in [0.1, 0.15) is 0 Å². The SMILES string of the molecule is COc1cc(C(=O)NC2CCc3ccccc32)ccc1OCC(N)=O. The summed E-state index contributed by atoms with van der Waals surface area (Å²) in [6, 6.07) is 13.0. The topological polar surface area (TPSA) is 90.7 Å². The van der Waals surface area contributed by atoms with E-state index < -0.39 is 5.91 Å². The molecule has 6 heteroatoms. The Morgan fingerprint density at radius 1 is 1.20 bits per heavy atom. The number of carbonyl (C=O) groups is 2. The molecule has 6 nitrogen and oxygen atoms in total. The van der Waals surface area contributed by atoms with Crippen molar-refractivity contribution in [1.82, 2.24) is 5.32 Å². The number of methoxy groups -OCH3 is 1. The van der Waals surface area contributed by atoms with Crippen LogP contribution in [0.15, 0.2) is 42.5 Å². The van der Waals surface area contributed by atoms with Gasteiger partial charge in [-0.3, -0.25) is 9.59 Å². The third kappa shape index (κ3) is 3.74. The number of hydrogen-bond acceptors (Lipinski definition) is 4. The van der Waals surface area contributed by atoms with Crippen molar-refractivity contribution >= 4 is 11.8 Å². The van der Waals surface area contributed by atoms with E-state index in [2.05, 4.69) is 17.4 Å². The van der Waals surface area contributed by atoms with Gasteiger partial charge in [0.25, 0.3) is 11.8 Å². The van der Waals surface area contributed by atoms with Crippen molar-refractivity contribution in [2.45, 2.75) is 18.9 Å². The molecule has 3 rings (SSSR count). The van der Waals surface area contributed by atoms with Crippen LogP contribution in [0.25, 0.3) is 0 Å². The highest BCUT2D eigenvalue weighted by molar-refractivity contribution is 5.95. The van der Waals surface area contributed by atoms with Gasteiger partial charge in [0.15, 0.2) is 18.1 Å². The zero-order valence-corrected chi connectivity index (χ0v) is 14.0. The zero-order chi connectivity index (χ0) is 17.8. The largest absolute Gasteiger partial charge is 0.493 e. The molecule has 3 N–H and O–H groups in total. The van der Waals surface area contributed by atoms with E-state index in [1.807, 2.05) is 12.1 Å². The first-order valence-electron chi connectivity index (χ1n) is 8.06. The maximum Gasteiger partial charge on any atom is 0.255 e. The molecule has 1 unspecified atom stereocenters. The van der Waals surface area contributed by atoms with Gasteiger partial charge in [-0.05, 0) is 42.2 Å². The van der Waals surface area contributed by atoms with Crippen LogP contribution >= 0.6 is 0 Å².